The highest BCUT2D eigenvalue weighted by molar-refractivity contribution is 8.63. The second-order valence-corrected chi connectivity index (χ2v) is 8.54. The molecular formula is C7H16ClO3PS. The Morgan fingerprint density at radius 1 is 1.54 bits per heavy atom. The van der Waals surface area contributed by atoms with Gasteiger partial charge >= 0.3 is 5.92 Å². The fourth-order valence-electron chi connectivity index (χ4n) is 0.622. The Kier molecular flexibility index (Phi) is 7.56. The molecule has 0 aliphatic carbocycles. The molecule has 0 amide bonds. The number of halogens is 1. The van der Waals surface area contributed by atoms with Crippen molar-refractivity contribution in [2.45, 2.75) is 26.9 Å². The maximum absolute atomic E-state index is 11.3. The molecule has 6 heteroatoms. The van der Waals surface area contributed by atoms with Gasteiger partial charge in [0.15, 0.2) is 0 Å². The van der Waals surface area contributed by atoms with Crippen LogP contribution in [0.15, 0.2) is 0 Å². The minimum Gasteiger partial charge on any atom is -0.378 e. The Morgan fingerprint density at radius 2 is 2.15 bits per heavy atom. The minimum absolute atomic E-state index is 0.197. The van der Waals surface area contributed by atoms with Crippen LogP contribution in [0.2, 0.25) is 0 Å². The highest BCUT2D eigenvalue weighted by Crippen LogP contribution is 2.63. The van der Waals surface area contributed by atoms with Crippen LogP contribution in [-0.2, 0) is 13.8 Å². The topological polar surface area (TPSA) is 35.5 Å². The van der Waals surface area contributed by atoms with Gasteiger partial charge in [-0.25, -0.2) is 0 Å². The molecule has 0 aromatic carbocycles. The van der Waals surface area contributed by atoms with Crippen LogP contribution >= 0.6 is 28.5 Å². The SMILES string of the molecule is CCOP(=O)(Cl)SCCOC(C)C. The molecule has 1 atom stereocenters. The van der Waals surface area contributed by atoms with Gasteiger partial charge in [-0.1, -0.05) is 11.4 Å². The average Bonchev–Trinajstić information content (AvgIpc) is 1.98. The largest absolute Gasteiger partial charge is 0.378 e. The first kappa shape index (κ1) is 13.8. The summed E-state index contributed by atoms with van der Waals surface area (Å²) in [7, 11) is 0. The van der Waals surface area contributed by atoms with Gasteiger partial charge in [0, 0.05) is 5.75 Å². The summed E-state index contributed by atoms with van der Waals surface area (Å²) in [5, 5.41) is 0. The molecule has 0 aromatic rings. The van der Waals surface area contributed by atoms with E-state index in [4.69, 9.17) is 20.5 Å². The smallest absolute Gasteiger partial charge is 0.346 e. The van der Waals surface area contributed by atoms with Crippen LogP contribution in [0.4, 0.5) is 0 Å². The Labute approximate surface area is 88.5 Å². The predicted octanol–water partition coefficient (Wildman–Crippen LogP) is 3.53. The summed E-state index contributed by atoms with van der Waals surface area (Å²) in [6.07, 6.45) is 0.197. The molecule has 80 valence electrons. The summed E-state index contributed by atoms with van der Waals surface area (Å²) in [5.41, 5.74) is 0. The van der Waals surface area contributed by atoms with E-state index in [9.17, 15) is 4.57 Å². The van der Waals surface area contributed by atoms with Crippen LogP contribution in [0.25, 0.3) is 0 Å². The van der Waals surface area contributed by atoms with Gasteiger partial charge < -0.3 is 9.26 Å². The van der Waals surface area contributed by atoms with E-state index in [1.54, 1.807) is 6.92 Å². The maximum atomic E-state index is 11.3. The summed E-state index contributed by atoms with van der Waals surface area (Å²) < 4.78 is 21.4. The Morgan fingerprint density at radius 3 is 2.62 bits per heavy atom. The van der Waals surface area contributed by atoms with Crippen molar-refractivity contribution in [2.24, 2.45) is 0 Å². The van der Waals surface area contributed by atoms with Gasteiger partial charge in [0.1, 0.15) is 0 Å². The van der Waals surface area contributed by atoms with Crippen molar-refractivity contribution >= 4 is 28.5 Å². The van der Waals surface area contributed by atoms with Crippen LogP contribution < -0.4 is 0 Å². The van der Waals surface area contributed by atoms with Gasteiger partial charge in [0.2, 0.25) is 0 Å². The number of hydrogen-bond acceptors (Lipinski definition) is 4. The molecule has 0 aliphatic rings. The van der Waals surface area contributed by atoms with Gasteiger partial charge in [0.05, 0.1) is 19.3 Å². The monoisotopic (exact) mass is 246 g/mol. The lowest BCUT2D eigenvalue weighted by molar-refractivity contribution is 0.0921. The van der Waals surface area contributed by atoms with Gasteiger partial charge in [-0.3, -0.25) is 4.57 Å². The molecule has 1 unspecified atom stereocenters. The van der Waals surface area contributed by atoms with Crippen molar-refractivity contribution in [3.8, 4) is 0 Å². The summed E-state index contributed by atoms with van der Waals surface area (Å²) in [6.45, 7) is 6.59. The van der Waals surface area contributed by atoms with Gasteiger partial charge in [-0.15, -0.1) is 0 Å². The second-order valence-electron chi connectivity index (χ2n) is 2.60. The molecule has 13 heavy (non-hydrogen) atoms. The minimum atomic E-state index is -2.94. The summed E-state index contributed by atoms with van der Waals surface area (Å²) in [5.74, 6) is -2.35. The molecule has 0 rings (SSSR count). The van der Waals surface area contributed by atoms with Gasteiger partial charge in [-0.05, 0) is 32.0 Å². The molecule has 0 heterocycles. The summed E-state index contributed by atoms with van der Waals surface area (Å²) >= 11 is 6.71. The van der Waals surface area contributed by atoms with Crippen molar-refractivity contribution < 1.29 is 13.8 Å². The Hall–Kier alpha value is 0.790. The van der Waals surface area contributed by atoms with E-state index >= 15 is 0 Å². The van der Waals surface area contributed by atoms with Crippen molar-refractivity contribution in [3.05, 3.63) is 0 Å². The highest BCUT2D eigenvalue weighted by Gasteiger charge is 2.18. The summed E-state index contributed by atoms with van der Waals surface area (Å²) in [4.78, 5) is 0. The van der Waals surface area contributed by atoms with Crippen LogP contribution in [-0.4, -0.2) is 25.1 Å². The average molecular weight is 247 g/mol. The molecule has 0 radical (unpaired) electrons. The lowest BCUT2D eigenvalue weighted by atomic mass is 10.5. The zero-order valence-corrected chi connectivity index (χ0v) is 10.6. The molecule has 0 aromatic heterocycles. The first-order chi connectivity index (χ1) is 5.98. The van der Waals surface area contributed by atoms with E-state index in [2.05, 4.69) is 0 Å². The number of ether oxygens (including phenoxy) is 1. The molecule has 3 nitrogen and oxygen atoms in total. The molecule has 0 saturated heterocycles. The van der Waals surface area contributed by atoms with E-state index in [-0.39, 0.29) is 6.10 Å². The fourth-order valence-corrected chi connectivity index (χ4v) is 3.72. The van der Waals surface area contributed by atoms with Crippen LogP contribution in [0.3, 0.4) is 0 Å². The fraction of sp³-hybridized carbons (Fsp3) is 1.00. The highest BCUT2D eigenvalue weighted by atomic mass is 35.7. The van der Waals surface area contributed by atoms with Crippen LogP contribution in [0.1, 0.15) is 20.8 Å². The Bertz CT molecular complexity index is 177. The zero-order chi connectivity index (χ0) is 10.3. The third-order valence-corrected chi connectivity index (χ3v) is 5.25. The van der Waals surface area contributed by atoms with Crippen LogP contribution in [0, 0.1) is 0 Å². The third-order valence-electron chi connectivity index (χ3n) is 1.06. The van der Waals surface area contributed by atoms with Crippen molar-refractivity contribution in [1.29, 1.82) is 0 Å². The van der Waals surface area contributed by atoms with Crippen molar-refractivity contribution in [2.75, 3.05) is 19.0 Å². The normalized spacial score (nSPS) is 16.1. The van der Waals surface area contributed by atoms with E-state index < -0.39 is 5.92 Å². The third kappa shape index (κ3) is 9.10. The molecular weight excluding hydrogens is 231 g/mol. The lowest BCUT2D eigenvalue weighted by Crippen LogP contribution is -2.05. The Balaban J connectivity index is 3.46. The van der Waals surface area contributed by atoms with E-state index in [1.807, 2.05) is 13.8 Å². The van der Waals surface area contributed by atoms with Crippen molar-refractivity contribution in [1.82, 2.24) is 0 Å². The standard InChI is InChI=1S/C7H16ClO3PS/c1-4-11-12(8,9)13-6-5-10-7(2)3/h7H,4-6H2,1-3H3. The zero-order valence-electron chi connectivity index (χ0n) is 8.16. The van der Waals surface area contributed by atoms with E-state index in [1.165, 1.54) is 0 Å². The maximum Gasteiger partial charge on any atom is 0.346 e. The summed E-state index contributed by atoms with van der Waals surface area (Å²) in [6, 6.07) is 0. The van der Waals surface area contributed by atoms with E-state index in [0.29, 0.717) is 19.0 Å². The van der Waals surface area contributed by atoms with Crippen molar-refractivity contribution in [3.63, 3.8) is 0 Å². The number of rotatable bonds is 7. The lowest BCUT2D eigenvalue weighted by Gasteiger charge is -2.10. The quantitative estimate of drug-likeness (QED) is 0.509. The first-order valence-electron chi connectivity index (χ1n) is 4.18. The van der Waals surface area contributed by atoms with Gasteiger partial charge in [0.25, 0.3) is 0 Å². The molecule has 0 fully saturated rings. The van der Waals surface area contributed by atoms with E-state index in [0.717, 1.165) is 11.4 Å². The van der Waals surface area contributed by atoms with Gasteiger partial charge in [-0.2, -0.15) is 0 Å². The molecule has 0 N–H and O–H groups in total. The first-order valence-corrected chi connectivity index (χ1v) is 8.30. The second kappa shape index (κ2) is 7.13. The van der Waals surface area contributed by atoms with Crippen LogP contribution in [0.5, 0.6) is 0 Å². The number of hydrogen-bond donors (Lipinski definition) is 0. The predicted molar refractivity (Wildman–Crippen MR) is 58.6 cm³/mol. The molecule has 0 spiro atoms. The molecule has 0 saturated carbocycles. The molecule has 0 bridgehead atoms. The molecule has 0 aliphatic heterocycles.